The number of hydrogen-bond acceptors (Lipinski definition) is 3. The van der Waals surface area contributed by atoms with Crippen LogP contribution in [-0.2, 0) is 9.59 Å². The van der Waals surface area contributed by atoms with Crippen LogP contribution in [0.15, 0.2) is 23.2 Å². The van der Waals surface area contributed by atoms with Crippen molar-refractivity contribution in [3.05, 3.63) is 29.8 Å². The number of rotatable bonds is 2. The highest BCUT2D eigenvalue weighted by molar-refractivity contribution is 5.96. The molecule has 1 saturated heterocycles. The maximum absolute atomic E-state index is 13.4. The number of carbonyl (C=O) groups excluding carboxylic acids is 2. The van der Waals surface area contributed by atoms with Gasteiger partial charge in [0.25, 0.3) is 0 Å². The highest BCUT2D eigenvalue weighted by Crippen LogP contribution is 2.28. The van der Waals surface area contributed by atoms with E-state index in [2.05, 4.69) is 4.99 Å². The molecule has 17 heavy (non-hydrogen) atoms. The molecule has 0 saturated carbocycles. The summed E-state index contributed by atoms with van der Waals surface area (Å²) in [4.78, 5) is 26.0. The second-order valence-corrected chi connectivity index (χ2v) is 3.65. The quantitative estimate of drug-likeness (QED) is 0.577. The van der Waals surface area contributed by atoms with Crippen LogP contribution in [0.3, 0.4) is 0 Å². The molecule has 4 nitrogen and oxygen atoms in total. The van der Waals surface area contributed by atoms with Gasteiger partial charge in [-0.05, 0) is 12.1 Å². The van der Waals surface area contributed by atoms with E-state index < -0.39 is 23.6 Å². The predicted molar refractivity (Wildman–Crippen MR) is 55.2 cm³/mol. The number of para-hydroxylation sites is 1. The maximum atomic E-state index is 13.4. The van der Waals surface area contributed by atoms with Crippen LogP contribution in [-0.4, -0.2) is 24.6 Å². The second kappa shape index (κ2) is 4.43. The number of benzene rings is 1. The highest BCUT2D eigenvalue weighted by Gasteiger charge is 2.33. The third-order valence-corrected chi connectivity index (χ3v) is 2.55. The largest absolute Gasteiger partial charge is 0.305 e. The fraction of sp³-hybridized carbons (Fsp3) is 0.273. The van der Waals surface area contributed by atoms with Crippen LogP contribution in [0.2, 0.25) is 0 Å². The van der Waals surface area contributed by atoms with Gasteiger partial charge in [-0.15, -0.1) is 0 Å². The summed E-state index contributed by atoms with van der Waals surface area (Å²) >= 11 is 0. The lowest BCUT2D eigenvalue weighted by Crippen LogP contribution is -2.27. The van der Waals surface area contributed by atoms with Crippen LogP contribution < -0.4 is 4.90 Å². The minimum atomic E-state index is -0.811. The van der Waals surface area contributed by atoms with Crippen LogP contribution in [0, 0.1) is 11.6 Å². The lowest BCUT2D eigenvalue weighted by Gasteiger charge is -2.17. The summed E-state index contributed by atoms with van der Waals surface area (Å²) in [5.41, 5.74) is -0.388. The van der Waals surface area contributed by atoms with Gasteiger partial charge in [-0.3, -0.25) is 4.79 Å². The normalized spacial score (nSPS) is 19.3. The van der Waals surface area contributed by atoms with Gasteiger partial charge >= 0.3 is 0 Å². The first-order valence-corrected chi connectivity index (χ1v) is 4.95. The van der Waals surface area contributed by atoms with Crippen molar-refractivity contribution < 1.29 is 18.4 Å². The fourth-order valence-electron chi connectivity index (χ4n) is 1.81. The SMILES string of the molecule is O=C=NC1CC(=O)N(c2c(F)cccc2F)C1. The number of carbonyl (C=O) groups is 1. The topological polar surface area (TPSA) is 49.7 Å². The minimum absolute atomic E-state index is 0.00801. The van der Waals surface area contributed by atoms with E-state index >= 15 is 0 Å². The zero-order chi connectivity index (χ0) is 12.4. The van der Waals surface area contributed by atoms with Crippen molar-refractivity contribution in [1.82, 2.24) is 0 Å². The summed E-state index contributed by atoms with van der Waals surface area (Å²) in [7, 11) is 0. The fourth-order valence-corrected chi connectivity index (χ4v) is 1.81. The molecule has 0 bridgehead atoms. The molecule has 2 rings (SSSR count). The van der Waals surface area contributed by atoms with Crippen molar-refractivity contribution in [3.8, 4) is 0 Å². The molecule has 0 spiro atoms. The van der Waals surface area contributed by atoms with Gasteiger partial charge in [0, 0.05) is 6.54 Å². The number of nitrogens with zero attached hydrogens (tertiary/aromatic N) is 2. The van der Waals surface area contributed by atoms with Crippen molar-refractivity contribution >= 4 is 17.7 Å². The summed E-state index contributed by atoms with van der Waals surface area (Å²) in [6.07, 6.45) is 1.30. The lowest BCUT2D eigenvalue weighted by atomic mass is 10.2. The van der Waals surface area contributed by atoms with Gasteiger partial charge in [-0.2, -0.15) is 0 Å². The number of amides is 1. The predicted octanol–water partition coefficient (Wildman–Crippen LogP) is 1.41. The van der Waals surface area contributed by atoms with E-state index in [1.807, 2.05) is 0 Å². The van der Waals surface area contributed by atoms with Crippen molar-refractivity contribution in [2.24, 2.45) is 4.99 Å². The van der Waals surface area contributed by atoms with E-state index in [1.54, 1.807) is 0 Å². The molecule has 88 valence electrons. The molecule has 1 heterocycles. The average Bonchev–Trinajstić information content (AvgIpc) is 2.60. The molecule has 1 aromatic rings. The zero-order valence-corrected chi connectivity index (χ0v) is 8.69. The Hall–Kier alpha value is -2.07. The molecule has 1 unspecified atom stereocenters. The van der Waals surface area contributed by atoms with Crippen LogP contribution >= 0.6 is 0 Å². The number of isocyanates is 1. The molecule has 6 heteroatoms. The molecule has 1 atom stereocenters. The number of hydrogen-bond donors (Lipinski definition) is 0. The molecule has 0 aliphatic carbocycles. The molecule has 1 aliphatic heterocycles. The van der Waals surface area contributed by atoms with Gasteiger partial charge in [0.15, 0.2) is 0 Å². The monoisotopic (exact) mass is 238 g/mol. The Morgan fingerprint density at radius 3 is 2.59 bits per heavy atom. The van der Waals surface area contributed by atoms with Gasteiger partial charge in [0.05, 0.1) is 12.5 Å². The molecule has 1 aromatic carbocycles. The maximum Gasteiger partial charge on any atom is 0.235 e. The lowest BCUT2D eigenvalue weighted by molar-refractivity contribution is -0.117. The third kappa shape index (κ3) is 2.07. The van der Waals surface area contributed by atoms with Crippen molar-refractivity contribution in [1.29, 1.82) is 0 Å². The van der Waals surface area contributed by atoms with Crippen LogP contribution in [0.25, 0.3) is 0 Å². The molecular formula is C11H8F2N2O2. The molecule has 0 radical (unpaired) electrons. The van der Waals surface area contributed by atoms with Crippen molar-refractivity contribution in [2.45, 2.75) is 12.5 Å². The van der Waals surface area contributed by atoms with Gasteiger partial charge in [-0.1, -0.05) is 6.07 Å². The van der Waals surface area contributed by atoms with E-state index in [-0.39, 0.29) is 18.7 Å². The standard InChI is InChI=1S/C11H8F2N2O2/c12-8-2-1-3-9(13)11(8)15-5-7(14-6-16)4-10(15)17/h1-3,7H,4-5H2. The van der Waals surface area contributed by atoms with Gasteiger partial charge < -0.3 is 4.90 Å². The molecule has 1 aliphatic rings. The first-order valence-electron chi connectivity index (χ1n) is 4.95. The molecule has 0 N–H and O–H groups in total. The first kappa shape index (κ1) is 11.4. The second-order valence-electron chi connectivity index (χ2n) is 3.65. The van der Waals surface area contributed by atoms with Crippen molar-refractivity contribution in [2.75, 3.05) is 11.4 Å². The van der Waals surface area contributed by atoms with E-state index in [0.29, 0.717) is 0 Å². The van der Waals surface area contributed by atoms with E-state index in [9.17, 15) is 18.4 Å². The summed E-state index contributed by atoms with van der Waals surface area (Å²) in [6, 6.07) is 2.78. The van der Waals surface area contributed by atoms with E-state index in [0.717, 1.165) is 17.0 Å². The Balaban J connectivity index is 2.35. The summed E-state index contributed by atoms with van der Waals surface area (Å²) in [5, 5.41) is 0. The number of aliphatic imine (C=N–C) groups is 1. The Morgan fingerprint density at radius 1 is 1.35 bits per heavy atom. The van der Waals surface area contributed by atoms with E-state index in [4.69, 9.17) is 0 Å². The first-order chi connectivity index (χ1) is 8.13. The molecule has 1 amide bonds. The molecule has 0 aromatic heterocycles. The third-order valence-electron chi connectivity index (χ3n) is 2.55. The highest BCUT2D eigenvalue weighted by atomic mass is 19.1. The Labute approximate surface area is 95.6 Å². The Bertz CT molecular complexity index is 492. The Morgan fingerprint density at radius 2 is 2.00 bits per heavy atom. The number of halogens is 2. The van der Waals surface area contributed by atoms with Gasteiger partial charge in [-0.25, -0.2) is 18.6 Å². The van der Waals surface area contributed by atoms with Crippen LogP contribution in [0.4, 0.5) is 14.5 Å². The zero-order valence-electron chi connectivity index (χ0n) is 8.69. The summed E-state index contributed by atoms with van der Waals surface area (Å²) in [5.74, 6) is -2.08. The summed E-state index contributed by atoms with van der Waals surface area (Å²) in [6.45, 7) is -0.00801. The van der Waals surface area contributed by atoms with Gasteiger partial charge in [0.1, 0.15) is 17.3 Å². The van der Waals surface area contributed by atoms with Crippen molar-refractivity contribution in [3.63, 3.8) is 0 Å². The smallest absolute Gasteiger partial charge is 0.235 e. The molecule has 1 fully saturated rings. The summed E-state index contributed by atoms with van der Waals surface area (Å²) < 4.78 is 26.9. The average molecular weight is 238 g/mol. The Kier molecular flexibility index (Phi) is 2.97. The van der Waals surface area contributed by atoms with E-state index in [1.165, 1.54) is 12.1 Å². The van der Waals surface area contributed by atoms with Gasteiger partial charge in [0.2, 0.25) is 12.0 Å². The minimum Gasteiger partial charge on any atom is -0.305 e. The number of anilines is 1. The van der Waals surface area contributed by atoms with Crippen LogP contribution in [0.1, 0.15) is 6.42 Å². The van der Waals surface area contributed by atoms with Crippen LogP contribution in [0.5, 0.6) is 0 Å². The molecular weight excluding hydrogens is 230 g/mol.